The average Bonchev–Trinajstić information content (AvgIpc) is 3.47. The van der Waals surface area contributed by atoms with E-state index < -0.39 is 0 Å². The molecule has 0 aliphatic carbocycles. The van der Waals surface area contributed by atoms with Gasteiger partial charge in [-0.3, -0.25) is 14.5 Å². The zero-order valence-electron chi connectivity index (χ0n) is 30.8. The van der Waals surface area contributed by atoms with Crippen molar-refractivity contribution in [3.63, 3.8) is 0 Å². The van der Waals surface area contributed by atoms with E-state index in [0.717, 1.165) is 96.7 Å². The number of ether oxygens (including phenoxy) is 1. The van der Waals surface area contributed by atoms with Gasteiger partial charge in [0.25, 0.3) is 0 Å². The predicted octanol–water partition coefficient (Wildman–Crippen LogP) is 5.26. The van der Waals surface area contributed by atoms with Crippen LogP contribution in [0.5, 0.6) is 0 Å². The van der Waals surface area contributed by atoms with Crippen LogP contribution in [-0.4, -0.2) is 88.9 Å². The van der Waals surface area contributed by atoms with Crippen molar-refractivity contribution >= 4 is 28.5 Å². The molecule has 0 unspecified atom stereocenters. The van der Waals surface area contributed by atoms with E-state index in [-0.39, 0.29) is 43.1 Å². The van der Waals surface area contributed by atoms with Gasteiger partial charge >= 0.3 is 0 Å². The lowest BCUT2D eigenvalue weighted by Crippen LogP contribution is -2.30. The Morgan fingerprint density at radius 3 is 2.50 bits per heavy atom. The van der Waals surface area contributed by atoms with Gasteiger partial charge in [-0.25, -0.2) is 14.1 Å². The summed E-state index contributed by atoms with van der Waals surface area (Å²) in [6.07, 6.45) is 5.58. The Labute approximate surface area is 306 Å². The Balaban J connectivity index is 1.03. The van der Waals surface area contributed by atoms with E-state index in [1.807, 2.05) is 29.9 Å². The molecule has 4 heterocycles. The largest absolute Gasteiger partial charge is 0.381 e. The minimum absolute atomic E-state index is 0.0442. The summed E-state index contributed by atoms with van der Waals surface area (Å²) < 4.78 is 22.5. The predicted molar refractivity (Wildman–Crippen MR) is 202 cm³/mol. The normalized spacial score (nSPS) is 16.2. The second kappa shape index (κ2) is 17.9. The second-order valence-electron chi connectivity index (χ2n) is 14.0. The smallest absolute Gasteiger partial charge is 0.220 e. The summed E-state index contributed by atoms with van der Waals surface area (Å²) in [4.78, 5) is 35.6. The highest BCUT2D eigenvalue weighted by Gasteiger charge is 2.22. The molecule has 2 aromatic heterocycles. The quantitative estimate of drug-likeness (QED) is 0.162. The summed E-state index contributed by atoms with van der Waals surface area (Å²) in [5, 5.41) is 15.2. The molecular formula is C40H53FN8O3. The van der Waals surface area contributed by atoms with Crippen molar-refractivity contribution < 1.29 is 18.7 Å². The van der Waals surface area contributed by atoms with E-state index in [1.54, 1.807) is 12.1 Å². The Morgan fingerprint density at radius 2 is 1.73 bits per heavy atom. The first-order chi connectivity index (χ1) is 25.3. The third kappa shape index (κ3) is 9.53. The molecule has 52 heavy (non-hydrogen) atoms. The van der Waals surface area contributed by atoms with Crippen LogP contribution in [0.25, 0.3) is 22.2 Å². The van der Waals surface area contributed by atoms with Crippen molar-refractivity contribution in [3.8, 4) is 11.1 Å². The van der Waals surface area contributed by atoms with E-state index in [0.29, 0.717) is 38.3 Å². The van der Waals surface area contributed by atoms with E-state index in [1.165, 1.54) is 6.07 Å². The highest BCUT2D eigenvalue weighted by Crippen LogP contribution is 2.31. The monoisotopic (exact) mass is 712 g/mol. The van der Waals surface area contributed by atoms with Gasteiger partial charge in [0.15, 0.2) is 5.65 Å². The number of anilines is 1. The number of amides is 2. The van der Waals surface area contributed by atoms with E-state index in [9.17, 15) is 9.59 Å². The third-order valence-corrected chi connectivity index (χ3v) is 10.2. The maximum atomic E-state index is 15.1. The average molecular weight is 713 g/mol. The Kier molecular flexibility index (Phi) is 12.9. The molecule has 2 aromatic carbocycles. The van der Waals surface area contributed by atoms with E-state index >= 15 is 4.39 Å². The lowest BCUT2D eigenvalue weighted by Gasteiger charge is -2.26. The van der Waals surface area contributed by atoms with Gasteiger partial charge in [0.05, 0.1) is 17.3 Å². The molecule has 0 spiro atoms. The molecule has 2 aliphatic rings. The van der Waals surface area contributed by atoms with Crippen molar-refractivity contribution in [1.29, 1.82) is 0 Å². The lowest BCUT2D eigenvalue weighted by molar-refractivity contribution is -0.126. The highest BCUT2D eigenvalue weighted by molar-refractivity contribution is 5.92. The fraction of sp³-hybridized carbons (Fsp3) is 0.500. The van der Waals surface area contributed by atoms with Crippen molar-refractivity contribution in [2.75, 3.05) is 51.8 Å². The second-order valence-corrected chi connectivity index (χ2v) is 14.0. The van der Waals surface area contributed by atoms with Gasteiger partial charge in [0.2, 0.25) is 11.8 Å². The van der Waals surface area contributed by atoms with Gasteiger partial charge in [-0.1, -0.05) is 31.2 Å². The van der Waals surface area contributed by atoms with Gasteiger partial charge < -0.3 is 25.6 Å². The maximum Gasteiger partial charge on any atom is 0.220 e. The fourth-order valence-corrected chi connectivity index (χ4v) is 7.15. The molecule has 6 rings (SSSR count). The third-order valence-electron chi connectivity index (χ3n) is 10.2. The molecule has 12 heteroatoms. The number of hydrogen-bond donors (Lipinski definition) is 3. The molecule has 0 atom stereocenters. The van der Waals surface area contributed by atoms with Crippen molar-refractivity contribution in [2.45, 2.75) is 84.6 Å². The van der Waals surface area contributed by atoms with Crippen molar-refractivity contribution in [2.24, 2.45) is 0 Å². The van der Waals surface area contributed by atoms with Gasteiger partial charge in [-0.2, -0.15) is 5.10 Å². The minimum Gasteiger partial charge on any atom is -0.381 e. The number of likely N-dealkylation sites (N-methyl/N-ethyl adjacent to an activating group) is 1. The molecule has 0 radical (unpaired) electrons. The van der Waals surface area contributed by atoms with Crippen LogP contribution in [0.1, 0.15) is 68.3 Å². The molecule has 2 amide bonds. The number of rotatable bonds is 14. The van der Waals surface area contributed by atoms with Gasteiger partial charge in [0.1, 0.15) is 5.82 Å². The van der Waals surface area contributed by atoms with Crippen LogP contribution in [0, 0.1) is 5.82 Å². The Morgan fingerprint density at radius 1 is 0.942 bits per heavy atom. The number of halogens is 1. The zero-order valence-corrected chi connectivity index (χ0v) is 30.8. The van der Waals surface area contributed by atoms with Crippen molar-refractivity contribution in [1.82, 2.24) is 35.2 Å². The highest BCUT2D eigenvalue weighted by atomic mass is 19.1. The van der Waals surface area contributed by atoms with Crippen molar-refractivity contribution in [3.05, 3.63) is 76.9 Å². The first-order valence-corrected chi connectivity index (χ1v) is 18.8. The lowest BCUT2D eigenvalue weighted by atomic mass is 10.00. The van der Waals surface area contributed by atoms with Crippen LogP contribution in [0.15, 0.2) is 48.7 Å². The number of benzene rings is 2. The number of fused-ring (bicyclic) bond motifs is 1. The molecule has 4 aromatic rings. The van der Waals surface area contributed by atoms with Gasteiger partial charge in [0, 0.05) is 88.2 Å². The summed E-state index contributed by atoms with van der Waals surface area (Å²) in [7, 11) is 2.16. The number of nitrogens with one attached hydrogen (secondary N) is 3. The topological polar surface area (TPSA) is 117 Å². The van der Waals surface area contributed by atoms with Gasteiger partial charge in [-0.05, 0) is 87.6 Å². The first-order valence-electron chi connectivity index (χ1n) is 18.8. The van der Waals surface area contributed by atoms with Crippen LogP contribution in [0.4, 0.5) is 10.1 Å². The number of hydrogen-bond acceptors (Lipinski definition) is 8. The molecule has 11 nitrogen and oxygen atoms in total. The molecular weight excluding hydrogens is 659 g/mol. The number of aryl methyl sites for hydroxylation is 2. The zero-order chi connectivity index (χ0) is 36.5. The van der Waals surface area contributed by atoms with Gasteiger partial charge in [-0.15, -0.1) is 0 Å². The Hall–Kier alpha value is -4.39. The summed E-state index contributed by atoms with van der Waals surface area (Å²) in [5.74, 6) is -0.752. The van der Waals surface area contributed by atoms with Crippen LogP contribution in [-0.2, 0) is 46.9 Å². The number of nitrogens with zero attached hydrogens (tertiary/aromatic N) is 5. The van der Waals surface area contributed by atoms with Crippen LogP contribution in [0.2, 0.25) is 0 Å². The minimum atomic E-state index is -0.300. The number of carbonyl (C=O) groups is 2. The van der Waals surface area contributed by atoms with Crippen LogP contribution >= 0.6 is 0 Å². The summed E-state index contributed by atoms with van der Waals surface area (Å²) in [6, 6.07) is 13.3. The molecule has 2 aliphatic heterocycles. The summed E-state index contributed by atoms with van der Waals surface area (Å²) >= 11 is 0. The fourth-order valence-electron chi connectivity index (χ4n) is 7.15. The standard InChI is InChI=1S/C40H53FN8O3/c1-4-36-33(39(45-31-14-20-52-21-15-31)34-26-44-49(5-2)40(34)46-36)25-43-38(51)13-12-37(50)42-24-28-10-11-35(41)32(23-28)30-9-6-8-29(22-30)27-48-17-7-16-47(3)18-19-48/h6,8-11,22-23,26,31H,4-5,7,12-21,24-25,27H2,1-3H3,(H,42,50)(H,43,51)(H,45,46). The van der Waals surface area contributed by atoms with Crippen LogP contribution in [0.3, 0.4) is 0 Å². The number of pyridine rings is 1. The molecule has 0 saturated carbocycles. The SMILES string of the molecule is CCc1nc2c(cnn2CC)c(NC2CCOCC2)c1CNC(=O)CCC(=O)NCc1ccc(F)c(-c2cccc(CN3CCCN(C)CC3)c2)c1. The number of aromatic nitrogens is 3. The molecule has 2 saturated heterocycles. The summed E-state index contributed by atoms with van der Waals surface area (Å²) in [6.45, 7) is 11.8. The molecule has 0 bridgehead atoms. The summed E-state index contributed by atoms with van der Waals surface area (Å²) in [5.41, 5.74) is 6.92. The maximum absolute atomic E-state index is 15.1. The molecule has 2 fully saturated rings. The Bertz CT molecular complexity index is 1840. The first kappa shape index (κ1) is 37.4. The van der Waals surface area contributed by atoms with E-state index in [2.05, 4.69) is 57.0 Å². The van der Waals surface area contributed by atoms with Crippen LogP contribution < -0.4 is 16.0 Å². The number of carbonyl (C=O) groups excluding carboxylic acids is 2. The molecule has 278 valence electrons. The van der Waals surface area contributed by atoms with E-state index in [4.69, 9.17) is 9.72 Å². The molecule has 3 N–H and O–H groups in total.